The molecule has 0 amide bonds. The van der Waals surface area contributed by atoms with Crippen LogP contribution in [0.4, 0.5) is 5.69 Å². The number of aromatic nitrogens is 1. The summed E-state index contributed by atoms with van der Waals surface area (Å²) in [5, 5.41) is 0. The molecule has 0 bridgehead atoms. The molecule has 14 heavy (non-hydrogen) atoms. The van der Waals surface area contributed by atoms with Crippen molar-refractivity contribution in [3.05, 3.63) is 29.6 Å². The van der Waals surface area contributed by atoms with E-state index in [9.17, 15) is 4.79 Å². The number of anilines is 1. The number of nitrogen functional groups attached to an aromatic ring is 1. The quantitative estimate of drug-likeness (QED) is 0.564. The zero-order valence-electron chi connectivity index (χ0n) is 8.15. The molecule has 0 radical (unpaired) electrons. The molecule has 4 heteroatoms. The molecule has 1 heterocycles. The van der Waals surface area contributed by atoms with Crippen LogP contribution in [-0.2, 0) is 9.53 Å². The Labute approximate surface area is 82.4 Å². The number of nitrogens with zero attached hydrogens (tertiary/aromatic N) is 1. The fraction of sp³-hybridized carbons (Fsp3) is 0.200. The van der Waals surface area contributed by atoms with Gasteiger partial charge >= 0.3 is 5.97 Å². The minimum atomic E-state index is -0.396. The summed E-state index contributed by atoms with van der Waals surface area (Å²) in [4.78, 5) is 14.9. The summed E-state index contributed by atoms with van der Waals surface area (Å²) < 4.78 is 4.46. The smallest absolute Gasteiger partial charge is 0.330 e. The van der Waals surface area contributed by atoms with Gasteiger partial charge in [0.15, 0.2) is 0 Å². The minimum Gasteiger partial charge on any atom is -0.466 e. The average Bonchev–Trinajstić information content (AvgIpc) is 2.19. The summed E-state index contributed by atoms with van der Waals surface area (Å²) in [6.07, 6.45) is 4.54. The second kappa shape index (κ2) is 4.41. The minimum absolute atomic E-state index is 0.396. The number of methoxy groups -OCH3 is 1. The highest BCUT2D eigenvalue weighted by molar-refractivity contribution is 5.87. The third-order valence-electron chi connectivity index (χ3n) is 1.75. The Morgan fingerprint density at radius 2 is 2.36 bits per heavy atom. The monoisotopic (exact) mass is 192 g/mol. The second-order valence-electron chi connectivity index (χ2n) is 2.80. The number of pyridine rings is 1. The molecule has 1 aromatic rings. The van der Waals surface area contributed by atoms with Crippen LogP contribution in [0.5, 0.6) is 0 Å². The van der Waals surface area contributed by atoms with Crippen molar-refractivity contribution in [3.63, 3.8) is 0 Å². The molecule has 0 fully saturated rings. The van der Waals surface area contributed by atoms with E-state index in [-0.39, 0.29) is 0 Å². The van der Waals surface area contributed by atoms with Gasteiger partial charge in [-0.15, -0.1) is 0 Å². The van der Waals surface area contributed by atoms with Gasteiger partial charge in [-0.3, -0.25) is 4.98 Å². The third kappa shape index (κ3) is 2.58. The first kappa shape index (κ1) is 10.2. The van der Waals surface area contributed by atoms with E-state index >= 15 is 0 Å². The number of aryl methyl sites for hydroxylation is 1. The number of hydrogen-bond donors (Lipinski definition) is 1. The highest BCUT2D eigenvalue weighted by Crippen LogP contribution is 2.11. The lowest BCUT2D eigenvalue weighted by Gasteiger charge is -2.00. The molecular weight excluding hydrogens is 180 g/mol. The molecule has 0 saturated heterocycles. The van der Waals surface area contributed by atoms with Crippen molar-refractivity contribution in [1.29, 1.82) is 0 Å². The van der Waals surface area contributed by atoms with Gasteiger partial charge < -0.3 is 10.5 Å². The number of hydrogen-bond acceptors (Lipinski definition) is 4. The number of ether oxygens (including phenoxy) is 1. The van der Waals surface area contributed by atoms with Crippen molar-refractivity contribution in [1.82, 2.24) is 4.98 Å². The predicted molar refractivity (Wildman–Crippen MR) is 54.4 cm³/mol. The van der Waals surface area contributed by atoms with Crippen molar-refractivity contribution >= 4 is 17.7 Å². The Bertz CT molecular complexity index is 372. The molecule has 74 valence electrons. The first-order valence-corrected chi connectivity index (χ1v) is 4.11. The molecule has 0 saturated carbocycles. The van der Waals surface area contributed by atoms with E-state index in [4.69, 9.17) is 5.73 Å². The van der Waals surface area contributed by atoms with E-state index in [1.807, 2.05) is 6.92 Å². The molecule has 0 unspecified atom stereocenters. The van der Waals surface area contributed by atoms with Gasteiger partial charge in [-0.05, 0) is 24.6 Å². The SMILES string of the molecule is COC(=O)C=Cc1cc(N)cnc1C. The van der Waals surface area contributed by atoms with E-state index in [1.165, 1.54) is 13.2 Å². The van der Waals surface area contributed by atoms with Crippen LogP contribution >= 0.6 is 0 Å². The number of carbonyl (C=O) groups excluding carboxylic acids is 1. The Kier molecular flexibility index (Phi) is 3.23. The molecule has 2 N–H and O–H groups in total. The van der Waals surface area contributed by atoms with E-state index in [0.29, 0.717) is 5.69 Å². The molecule has 0 aliphatic rings. The van der Waals surface area contributed by atoms with Crippen LogP contribution in [0.15, 0.2) is 18.3 Å². The van der Waals surface area contributed by atoms with Gasteiger partial charge in [-0.25, -0.2) is 4.79 Å². The summed E-state index contributed by atoms with van der Waals surface area (Å²) in [7, 11) is 1.33. The lowest BCUT2D eigenvalue weighted by atomic mass is 10.2. The van der Waals surface area contributed by atoms with Crippen LogP contribution in [0.1, 0.15) is 11.3 Å². The van der Waals surface area contributed by atoms with Gasteiger partial charge in [0.1, 0.15) is 0 Å². The van der Waals surface area contributed by atoms with Crippen molar-refractivity contribution < 1.29 is 9.53 Å². The van der Waals surface area contributed by atoms with Crippen LogP contribution < -0.4 is 5.73 Å². The van der Waals surface area contributed by atoms with Crippen LogP contribution in [-0.4, -0.2) is 18.1 Å². The van der Waals surface area contributed by atoms with Crippen LogP contribution in [0.2, 0.25) is 0 Å². The third-order valence-corrected chi connectivity index (χ3v) is 1.75. The fourth-order valence-corrected chi connectivity index (χ4v) is 0.962. The van der Waals surface area contributed by atoms with Crippen molar-refractivity contribution in [3.8, 4) is 0 Å². The number of nitrogens with two attached hydrogens (primary N) is 1. The highest BCUT2D eigenvalue weighted by Gasteiger charge is 1.97. The van der Waals surface area contributed by atoms with E-state index < -0.39 is 5.97 Å². The molecule has 0 aliphatic heterocycles. The first-order valence-electron chi connectivity index (χ1n) is 4.11. The number of carbonyl (C=O) groups is 1. The normalized spacial score (nSPS) is 10.4. The molecule has 0 spiro atoms. The van der Waals surface area contributed by atoms with Gasteiger partial charge in [-0.2, -0.15) is 0 Å². The molecular formula is C10H12N2O2. The lowest BCUT2D eigenvalue weighted by molar-refractivity contribution is -0.134. The van der Waals surface area contributed by atoms with Crippen molar-refractivity contribution in [2.75, 3.05) is 12.8 Å². The Morgan fingerprint density at radius 1 is 1.64 bits per heavy atom. The summed E-state index contributed by atoms with van der Waals surface area (Å²) in [6, 6.07) is 1.75. The maximum absolute atomic E-state index is 10.8. The van der Waals surface area contributed by atoms with Gasteiger partial charge in [0.05, 0.1) is 19.0 Å². The first-order chi connectivity index (χ1) is 6.63. The van der Waals surface area contributed by atoms with Gasteiger partial charge in [0.2, 0.25) is 0 Å². The van der Waals surface area contributed by atoms with Crippen LogP contribution in [0.25, 0.3) is 6.08 Å². The molecule has 4 nitrogen and oxygen atoms in total. The van der Waals surface area contributed by atoms with E-state index in [1.54, 1.807) is 18.3 Å². The molecule has 0 aromatic carbocycles. The summed E-state index contributed by atoms with van der Waals surface area (Å²) in [6.45, 7) is 1.84. The largest absolute Gasteiger partial charge is 0.466 e. The lowest BCUT2D eigenvalue weighted by Crippen LogP contribution is -1.95. The zero-order chi connectivity index (χ0) is 10.6. The fourth-order valence-electron chi connectivity index (χ4n) is 0.962. The van der Waals surface area contributed by atoms with Crippen LogP contribution in [0, 0.1) is 6.92 Å². The van der Waals surface area contributed by atoms with Crippen molar-refractivity contribution in [2.45, 2.75) is 6.92 Å². The average molecular weight is 192 g/mol. The standard InChI is InChI=1S/C10H12N2O2/c1-7-8(3-4-10(13)14-2)5-9(11)6-12-7/h3-6H,11H2,1-2H3. The van der Waals surface area contributed by atoms with E-state index in [2.05, 4.69) is 9.72 Å². The van der Waals surface area contributed by atoms with Crippen molar-refractivity contribution in [2.24, 2.45) is 0 Å². The molecule has 1 rings (SSSR count). The summed E-state index contributed by atoms with van der Waals surface area (Å²) in [5.41, 5.74) is 7.76. The molecule has 0 atom stereocenters. The van der Waals surface area contributed by atoms with E-state index in [0.717, 1.165) is 11.3 Å². The maximum atomic E-state index is 10.8. The zero-order valence-corrected chi connectivity index (χ0v) is 8.15. The summed E-state index contributed by atoms with van der Waals surface area (Å²) in [5.74, 6) is -0.396. The number of esters is 1. The topological polar surface area (TPSA) is 65.2 Å². The Balaban J connectivity index is 2.90. The summed E-state index contributed by atoms with van der Waals surface area (Å²) >= 11 is 0. The predicted octanol–water partition coefficient (Wildman–Crippen LogP) is 1.16. The highest BCUT2D eigenvalue weighted by atomic mass is 16.5. The molecule has 1 aromatic heterocycles. The Hall–Kier alpha value is -1.84. The van der Waals surface area contributed by atoms with Gasteiger partial charge in [0, 0.05) is 11.8 Å². The number of rotatable bonds is 2. The molecule has 0 aliphatic carbocycles. The van der Waals surface area contributed by atoms with Gasteiger partial charge in [-0.1, -0.05) is 0 Å². The Morgan fingerprint density at radius 3 is 3.00 bits per heavy atom. The van der Waals surface area contributed by atoms with Crippen LogP contribution in [0.3, 0.4) is 0 Å². The second-order valence-corrected chi connectivity index (χ2v) is 2.80. The van der Waals surface area contributed by atoms with Gasteiger partial charge in [0.25, 0.3) is 0 Å². The maximum Gasteiger partial charge on any atom is 0.330 e.